The molecule has 0 rings (SSSR count). The van der Waals surface area contributed by atoms with Gasteiger partial charge in [0.25, 0.3) is 0 Å². The van der Waals surface area contributed by atoms with Crippen LogP contribution in [0.25, 0.3) is 0 Å². The van der Waals surface area contributed by atoms with Crippen LogP contribution in [-0.4, -0.2) is 47.3 Å². The zero-order valence-electron chi connectivity index (χ0n) is 23.5. The molecule has 0 radical (unpaired) electrons. The highest BCUT2D eigenvalue weighted by Gasteiger charge is 2.20. The van der Waals surface area contributed by atoms with Crippen LogP contribution in [0.4, 0.5) is 0 Å². The third-order valence-corrected chi connectivity index (χ3v) is 6.73. The number of carboxylic acids is 1. The number of amides is 2. The minimum Gasteiger partial charge on any atom is -0.480 e. The molecule has 2 unspecified atom stereocenters. The van der Waals surface area contributed by atoms with E-state index in [0.717, 1.165) is 25.7 Å². The summed E-state index contributed by atoms with van der Waals surface area (Å²) in [5, 5.41) is 14.7. The summed E-state index contributed by atoms with van der Waals surface area (Å²) in [6.45, 7) is 4.16. The average Bonchev–Trinajstić information content (AvgIpc) is 2.86. The quantitative estimate of drug-likeness (QED) is 0.0631. The fraction of sp³-hybridized carbons (Fsp3) is 0.857. The van der Waals surface area contributed by atoms with Crippen molar-refractivity contribution in [2.45, 2.75) is 148 Å². The lowest BCUT2D eigenvalue weighted by molar-refractivity contribution is -0.142. The predicted molar refractivity (Wildman–Crippen MR) is 148 cm³/mol. The van der Waals surface area contributed by atoms with Crippen LogP contribution in [0.15, 0.2) is 0 Å². The number of carbonyl (C=O) groups is 4. The van der Waals surface area contributed by atoms with Crippen LogP contribution in [0.1, 0.15) is 136 Å². The minimum atomic E-state index is -1.13. The Kier molecular flexibility index (Phi) is 23.0. The highest BCUT2D eigenvalue weighted by Crippen LogP contribution is 2.13. The van der Waals surface area contributed by atoms with Gasteiger partial charge in [-0.05, 0) is 39.0 Å². The summed E-state index contributed by atoms with van der Waals surface area (Å²) < 4.78 is 0. The smallest absolute Gasteiger partial charge is 0.326 e. The summed E-state index contributed by atoms with van der Waals surface area (Å²) in [7, 11) is 0. The number of unbranched alkanes of at least 4 members (excludes halogenated alkanes) is 13. The van der Waals surface area contributed by atoms with E-state index in [1.807, 2.05) is 0 Å². The highest BCUT2D eigenvalue weighted by atomic mass is 16.4. The van der Waals surface area contributed by atoms with E-state index >= 15 is 0 Å². The molecule has 37 heavy (non-hydrogen) atoms. The Bertz CT molecular complexity index is 630. The van der Waals surface area contributed by atoms with E-state index < -0.39 is 12.0 Å². The molecule has 6 N–H and O–H groups in total. The Morgan fingerprint density at radius 2 is 1.22 bits per heavy atom. The third-order valence-electron chi connectivity index (χ3n) is 6.73. The molecule has 0 aliphatic rings. The fourth-order valence-electron chi connectivity index (χ4n) is 4.30. The summed E-state index contributed by atoms with van der Waals surface area (Å²) in [5.74, 6) is 3.64. The van der Waals surface area contributed by atoms with Crippen LogP contribution in [0.2, 0.25) is 0 Å². The molecule has 0 heterocycles. The number of Topliss-reactive ketones (excluding diaryl/α,β-unsaturated/α-hetero) is 1. The first-order chi connectivity index (χ1) is 17.8. The van der Waals surface area contributed by atoms with Crippen LogP contribution < -0.4 is 21.9 Å². The molecule has 216 valence electrons. The molecule has 2 atom stereocenters. The van der Waals surface area contributed by atoms with Crippen molar-refractivity contribution in [1.82, 2.24) is 16.1 Å². The van der Waals surface area contributed by atoms with Crippen LogP contribution in [-0.2, 0) is 19.2 Å². The van der Waals surface area contributed by atoms with Crippen molar-refractivity contribution >= 4 is 23.6 Å². The molecule has 0 bridgehead atoms. The van der Waals surface area contributed by atoms with Gasteiger partial charge in [-0.15, -0.1) is 0 Å². The number of carbonyl (C=O) groups excluding carboxylic acids is 3. The SMILES string of the molecule is CCCCCCCCCCCCCCCC(=O)NC(CCC(=O)NCCCCC(NN)C(C)=O)C(=O)O. The summed E-state index contributed by atoms with van der Waals surface area (Å²) >= 11 is 0. The monoisotopic (exact) mass is 526 g/mol. The fourth-order valence-corrected chi connectivity index (χ4v) is 4.30. The molecule has 0 aliphatic carbocycles. The molecule has 0 spiro atoms. The molecule has 0 aromatic rings. The maximum Gasteiger partial charge on any atom is 0.326 e. The van der Waals surface area contributed by atoms with E-state index in [-0.39, 0.29) is 36.5 Å². The Labute approximate surface area is 224 Å². The maximum atomic E-state index is 12.2. The topological polar surface area (TPSA) is 151 Å². The summed E-state index contributed by atoms with van der Waals surface area (Å²) in [6, 6.07) is -1.44. The number of hydrogen-bond donors (Lipinski definition) is 5. The molecule has 2 amide bonds. The standard InChI is InChI=1S/C28H54N4O5/c1-3-4-5-6-7-8-9-10-11-12-13-14-15-19-27(35)31-25(28(36)37)20-21-26(34)30-22-17-16-18-24(32-29)23(2)33/h24-25,32H,3-22,29H2,1-2H3,(H,30,34)(H,31,35)(H,36,37). The normalized spacial score (nSPS) is 12.6. The van der Waals surface area contributed by atoms with Crippen molar-refractivity contribution in [3.63, 3.8) is 0 Å². The number of nitrogens with two attached hydrogens (primary N) is 1. The largest absolute Gasteiger partial charge is 0.480 e. The van der Waals surface area contributed by atoms with Crippen LogP contribution >= 0.6 is 0 Å². The van der Waals surface area contributed by atoms with Crippen molar-refractivity contribution < 1.29 is 24.3 Å². The Hall–Kier alpha value is -2.00. The Morgan fingerprint density at radius 3 is 1.70 bits per heavy atom. The number of hydrogen-bond acceptors (Lipinski definition) is 6. The average molecular weight is 527 g/mol. The molecule has 9 nitrogen and oxygen atoms in total. The van der Waals surface area contributed by atoms with Crippen molar-refractivity contribution in [2.75, 3.05) is 6.54 Å². The van der Waals surface area contributed by atoms with Crippen molar-refractivity contribution in [1.29, 1.82) is 0 Å². The van der Waals surface area contributed by atoms with Gasteiger partial charge in [-0.2, -0.15) is 0 Å². The lowest BCUT2D eigenvalue weighted by Gasteiger charge is -2.15. The molecule has 9 heteroatoms. The number of hydrazine groups is 1. The number of nitrogens with one attached hydrogen (secondary N) is 3. The molecule has 0 saturated carbocycles. The van der Waals surface area contributed by atoms with Crippen LogP contribution in [0.5, 0.6) is 0 Å². The number of rotatable bonds is 26. The van der Waals surface area contributed by atoms with Crippen molar-refractivity contribution in [3.05, 3.63) is 0 Å². The first-order valence-corrected chi connectivity index (χ1v) is 14.6. The zero-order chi connectivity index (χ0) is 27.7. The molecular formula is C28H54N4O5. The molecular weight excluding hydrogens is 472 g/mol. The van der Waals surface area contributed by atoms with E-state index in [9.17, 15) is 24.3 Å². The zero-order valence-corrected chi connectivity index (χ0v) is 23.5. The molecule has 0 aliphatic heterocycles. The predicted octanol–water partition coefficient (Wildman–Crippen LogP) is 4.52. The van der Waals surface area contributed by atoms with Gasteiger partial charge in [-0.1, -0.05) is 84.0 Å². The van der Waals surface area contributed by atoms with Gasteiger partial charge in [0.15, 0.2) is 0 Å². The third kappa shape index (κ3) is 21.8. The first kappa shape index (κ1) is 35.0. The Morgan fingerprint density at radius 1 is 0.676 bits per heavy atom. The highest BCUT2D eigenvalue weighted by molar-refractivity contribution is 5.84. The van der Waals surface area contributed by atoms with Gasteiger partial charge in [-0.3, -0.25) is 20.2 Å². The molecule has 0 saturated heterocycles. The van der Waals surface area contributed by atoms with E-state index in [4.69, 9.17) is 5.84 Å². The second kappa shape index (κ2) is 24.3. The second-order valence-electron chi connectivity index (χ2n) is 10.2. The summed E-state index contributed by atoms with van der Waals surface area (Å²) in [6.07, 6.45) is 18.3. The second-order valence-corrected chi connectivity index (χ2v) is 10.2. The van der Waals surface area contributed by atoms with Gasteiger partial charge in [0.1, 0.15) is 11.8 Å². The van der Waals surface area contributed by atoms with Gasteiger partial charge in [-0.25, -0.2) is 10.2 Å². The van der Waals surface area contributed by atoms with E-state index in [0.29, 0.717) is 25.8 Å². The van der Waals surface area contributed by atoms with Gasteiger partial charge >= 0.3 is 5.97 Å². The lowest BCUT2D eigenvalue weighted by atomic mass is 10.0. The minimum absolute atomic E-state index is 0.0242. The van der Waals surface area contributed by atoms with Gasteiger partial charge in [0.2, 0.25) is 11.8 Å². The molecule has 0 aromatic heterocycles. The van der Waals surface area contributed by atoms with Gasteiger partial charge in [0, 0.05) is 19.4 Å². The summed E-state index contributed by atoms with van der Waals surface area (Å²) in [4.78, 5) is 47.0. The van der Waals surface area contributed by atoms with Crippen LogP contribution in [0, 0.1) is 0 Å². The number of carboxylic acid groups (broad SMARTS) is 1. The summed E-state index contributed by atoms with van der Waals surface area (Å²) in [5.41, 5.74) is 2.47. The van der Waals surface area contributed by atoms with Crippen LogP contribution in [0.3, 0.4) is 0 Å². The van der Waals surface area contributed by atoms with E-state index in [1.54, 1.807) is 0 Å². The van der Waals surface area contributed by atoms with Gasteiger partial charge in [0.05, 0.1) is 6.04 Å². The molecule has 0 fully saturated rings. The Balaban J connectivity index is 3.82. The maximum absolute atomic E-state index is 12.2. The van der Waals surface area contributed by atoms with Gasteiger partial charge < -0.3 is 15.7 Å². The molecule has 0 aromatic carbocycles. The first-order valence-electron chi connectivity index (χ1n) is 14.6. The number of aliphatic carboxylic acids is 1. The number of ketones is 1. The van der Waals surface area contributed by atoms with Crippen molar-refractivity contribution in [2.24, 2.45) is 5.84 Å². The van der Waals surface area contributed by atoms with E-state index in [1.165, 1.54) is 71.1 Å². The van der Waals surface area contributed by atoms with E-state index in [2.05, 4.69) is 23.0 Å². The lowest BCUT2D eigenvalue weighted by Crippen LogP contribution is -2.41. The van der Waals surface area contributed by atoms with Crippen molar-refractivity contribution in [3.8, 4) is 0 Å².